The molecule has 0 amide bonds. The molecule has 0 aliphatic rings. The lowest BCUT2D eigenvalue weighted by atomic mass is 9.77. The monoisotopic (exact) mass is 602 g/mol. The van der Waals surface area contributed by atoms with Crippen LogP contribution in [-0.4, -0.2) is 67.8 Å². The summed E-state index contributed by atoms with van der Waals surface area (Å²) in [6.07, 6.45) is -9.41. The summed E-state index contributed by atoms with van der Waals surface area (Å²) in [5, 5.41) is 61.1. The van der Waals surface area contributed by atoms with E-state index in [0.29, 0.717) is 5.56 Å². The quantitative estimate of drug-likeness (QED) is 0.204. The first-order valence-corrected chi connectivity index (χ1v) is 14.2. The Kier molecular flexibility index (Phi) is 12.2. The molecule has 0 radical (unpaired) electrons. The van der Waals surface area contributed by atoms with E-state index < -0.39 is 83.1 Å². The van der Waals surface area contributed by atoms with Crippen LogP contribution in [-0.2, 0) is 23.7 Å². The number of hydrogen-bond acceptors (Lipinski definition) is 6. The fourth-order valence-corrected chi connectivity index (χ4v) is 5.48. The highest BCUT2D eigenvalue weighted by Crippen LogP contribution is 2.34. The third-order valence-corrected chi connectivity index (χ3v) is 7.86. The van der Waals surface area contributed by atoms with E-state index in [1.807, 2.05) is 0 Å². The van der Waals surface area contributed by atoms with E-state index in [-0.39, 0.29) is 36.0 Å². The highest BCUT2D eigenvalue weighted by molar-refractivity contribution is 5.32. The molecule has 0 saturated carbocycles. The van der Waals surface area contributed by atoms with Crippen molar-refractivity contribution in [3.63, 3.8) is 0 Å². The molecule has 238 valence electrons. The van der Waals surface area contributed by atoms with Gasteiger partial charge in [0.2, 0.25) is 0 Å². The second kappa shape index (κ2) is 14.1. The van der Waals surface area contributed by atoms with Gasteiger partial charge in [0.25, 0.3) is 0 Å². The van der Waals surface area contributed by atoms with Crippen molar-refractivity contribution in [2.45, 2.75) is 109 Å². The highest BCUT2D eigenvalue weighted by atomic mass is 19.1. The molecule has 0 bridgehead atoms. The predicted octanol–water partition coefficient (Wildman–Crippen LogP) is 4.06. The first-order chi connectivity index (χ1) is 19.2. The van der Waals surface area contributed by atoms with E-state index in [4.69, 9.17) is 5.11 Å². The molecule has 0 fully saturated rings. The van der Waals surface area contributed by atoms with Crippen LogP contribution in [0, 0.1) is 35.1 Å². The maximum absolute atomic E-state index is 15.0. The zero-order chi connectivity index (χ0) is 32.3. The van der Waals surface area contributed by atoms with Gasteiger partial charge in [0.1, 0.15) is 47.7 Å². The van der Waals surface area contributed by atoms with Gasteiger partial charge in [-0.05, 0) is 77.3 Å². The maximum Gasteiger partial charge on any atom is 0.130 e. The van der Waals surface area contributed by atoms with E-state index in [0.717, 1.165) is 12.1 Å². The Morgan fingerprint density at radius 1 is 0.619 bits per heavy atom. The van der Waals surface area contributed by atoms with Crippen molar-refractivity contribution in [3.8, 4) is 0 Å². The van der Waals surface area contributed by atoms with Gasteiger partial charge in [-0.1, -0.05) is 48.5 Å². The number of halogens is 4. The Balaban J connectivity index is 2.41. The normalized spacial score (nSPS) is 17.8. The van der Waals surface area contributed by atoms with Crippen LogP contribution >= 0.6 is 0 Å². The van der Waals surface area contributed by atoms with E-state index >= 15 is 0 Å². The fourth-order valence-electron chi connectivity index (χ4n) is 5.48. The molecule has 10 heteroatoms. The van der Waals surface area contributed by atoms with Crippen molar-refractivity contribution in [3.05, 3.63) is 69.8 Å². The molecule has 0 saturated heterocycles. The van der Waals surface area contributed by atoms with E-state index in [1.54, 1.807) is 48.5 Å². The number of rotatable bonds is 12. The van der Waals surface area contributed by atoms with Gasteiger partial charge in [-0.15, -0.1) is 0 Å². The van der Waals surface area contributed by atoms with Crippen LogP contribution < -0.4 is 0 Å². The van der Waals surface area contributed by atoms with E-state index in [9.17, 15) is 43.1 Å². The molecule has 6 N–H and O–H groups in total. The van der Waals surface area contributed by atoms with E-state index in [2.05, 4.69) is 0 Å². The molecule has 42 heavy (non-hydrogen) atoms. The third kappa shape index (κ3) is 8.74. The van der Waals surface area contributed by atoms with Gasteiger partial charge in [0.15, 0.2) is 0 Å². The Hall–Kier alpha value is -2.08. The second-order valence-corrected chi connectivity index (χ2v) is 13.5. The van der Waals surface area contributed by atoms with Crippen molar-refractivity contribution < 1.29 is 48.2 Å². The van der Waals surface area contributed by atoms with Gasteiger partial charge in [0, 0.05) is 11.1 Å². The van der Waals surface area contributed by atoms with Crippen molar-refractivity contribution in [2.24, 2.45) is 11.8 Å². The van der Waals surface area contributed by atoms with Crippen LogP contribution in [0.4, 0.5) is 17.6 Å². The lowest BCUT2D eigenvalue weighted by Crippen LogP contribution is -2.52. The summed E-state index contributed by atoms with van der Waals surface area (Å²) in [7, 11) is 0. The van der Waals surface area contributed by atoms with E-state index in [1.165, 1.54) is 12.1 Å². The van der Waals surface area contributed by atoms with Gasteiger partial charge in [-0.3, -0.25) is 0 Å². The smallest absolute Gasteiger partial charge is 0.130 e. The van der Waals surface area contributed by atoms with Crippen LogP contribution in [0.15, 0.2) is 24.3 Å². The van der Waals surface area contributed by atoms with Gasteiger partial charge < -0.3 is 30.6 Å². The lowest BCUT2D eigenvalue weighted by Gasteiger charge is -2.35. The van der Waals surface area contributed by atoms with Crippen molar-refractivity contribution in [1.29, 1.82) is 0 Å². The number of aliphatic hydroxyl groups is 6. The fraction of sp³-hybridized carbons (Fsp3) is 0.625. The van der Waals surface area contributed by atoms with Crippen molar-refractivity contribution >= 4 is 0 Å². The van der Waals surface area contributed by atoms with Crippen LogP contribution in [0.25, 0.3) is 0 Å². The zero-order valence-electron chi connectivity index (χ0n) is 25.4. The number of aliphatic hydroxyl groups excluding tert-OH is 6. The molecule has 2 aromatic carbocycles. The van der Waals surface area contributed by atoms with Crippen molar-refractivity contribution in [2.75, 3.05) is 6.61 Å². The SMILES string of the molecule is CC(CCc1cc(F)c(C(C)(C)C)c(F)c1)C(Cc1cc(F)c(C(C)(C)C)c(F)c1)C(O)[C@@H](O)[C@@H](O)[C@H](O)[C@@H](O)CO. The molecular weight excluding hydrogens is 556 g/mol. The van der Waals surface area contributed by atoms with Crippen LogP contribution in [0.5, 0.6) is 0 Å². The Labute approximate surface area is 245 Å². The highest BCUT2D eigenvalue weighted by Gasteiger charge is 2.39. The van der Waals surface area contributed by atoms with Crippen LogP contribution in [0.3, 0.4) is 0 Å². The maximum atomic E-state index is 15.0. The number of benzene rings is 2. The van der Waals surface area contributed by atoms with Crippen LogP contribution in [0.1, 0.15) is 77.1 Å². The van der Waals surface area contributed by atoms with Crippen LogP contribution in [0.2, 0.25) is 0 Å². The molecule has 0 aromatic heterocycles. The molecule has 2 aromatic rings. The molecule has 3 unspecified atom stereocenters. The molecule has 0 heterocycles. The summed E-state index contributed by atoms with van der Waals surface area (Å²) < 4.78 is 59.6. The largest absolute Gasteiger partial charge is 0.394 e. The van der Waals surface area contributed by atoms with Crippen molar-refractivity contribution in [1.82, 2.24) is 0 Å². The first-order valence-electron chi connectivity index (χ1n) is 14.2. The van der Waals surface area contributed by atoms with Gasteiger partial charge in [-0.25, -0.2) is 17.6 Å². The molecule has 0 aliphatic carbocycles. The summed E-state index contributed by atoms with van der Waals surface area (Å²) in [5.74, 6) is -4.46. The average molecular weight is 603 g/mol. The minimum absolute atomic E-state index is 0.0453. The molecule has 0 spiro atoms. The minimum atomic E-state index is -2.07. The third-order valence-electron chi connectivity index (χ3n) is 7.86. The Morgan fingerprint density at radius 2 is 1.00 bits per heavy atom. The predicted molar refractivity (Wildman–Crippen MR) is 152 cm³/mol. The molecule has 0 aliphatic heterocycles. The Morgan fingerprint density at radius 3 is 1.38 bits per heavy atom. The molecular formula is C32H46F4O6. The van der Waals surface area contributed by atoms with Gasteiger partial charge >= 0.3 is 0 Å². The second-order valence-electron chi connectivity index (χ2n) is 13.5. The summed E-state index contributed by atoms with van der Waals surface area (Å²) in [6.45, 7) is 10.8. The Bertz CT molecular complexity index is 1150. The lowest BCUT2D eigenvalue weighted by molar-refractivity contribution is -0.152. The number of hydrogen-bond donors (Lipinski definition) is 6. The molecule has 7 atom stereocenters. The topological polar surface area (TPSA) is 121 Å². The van der Waals surface area contributed by atoms with Gasteiger partial charge in [0.05, 0.1) is 12.7 Å². The summed E-state index contributed by atoms with van der Waals surface area (Å²) >= 11 is 0. The minimum Gasteiger partial charge on any atom is -0.394 e. The summed E-state index contributed by atoms with van der Waals surface area (Å²) in [6, 6.07) is 4.75. The summed E-state index contributed by atoms with van der Waals surface area (Å²) in [4.78, 5) is 0. The summed E-state index contributed by atoms with van der Waals surface area (Å²) in [5.41, 5.74) is -1.22. The molecule has 2 rings (SSSR count). The standard InChI is InChI=1S/C32H46F4O6/c1-16(8-9-17-11-20(33)25(21(34)12-17)31(2,3)4)19(27(39)29(41)30(42)28(40)24(38)15-37)10-18-13-22(35)26(23(36)14-18)32(5,6)7/h11-14,16,19,24,27-30,37-42H,8-10,15H2,1-7H3/t16?,19?,24-,27?,28+,29+,30-/m0/s1. The first kappa shape index (κ1) is 36.1. The number of aryl methyl sites for hydroxylation is 1. The average Bonchev–Trinajstić information content (AvgIpc) is 2.85. The molecule has 6 nitrogen and oxygen atoms in total. The zero-order valence-corrected chi connectivity index (χ0v) is 25.4. The van der Waals surface area contributed by atoms with Gasteiger partial charge in [-0.2, -0.15) is 0 Å².